The van der Waals surface area contributed by atoms with Gasteiger partial charge in [0.25, 0.3) is 0 Å². The molecule has 3 aromatic rings. The zero-order valence-electron chi connectivity index (χ0n) is 15.2. The van der Waals surface area contributed by atoms with Gasteiger partial charge in [0.05, 0.1) is 6.42 Å². The molecule has 1 heterocycles. The predicted octanol–water partition coefficient (Wildman–Crippen LogP) is 4.12. The number of carbonyl (C=O) groups is 1. The van der Waals surface area contributed by atoms with Crippen molar-refractivity contribution < 1.29 is 30.0 Å². The molecule has 6 nitrogen and oxygen atoms in total. The van der Waals surface area contributed by atoms with Gasteiger partial charge in [0.1, 0.15) is 17.2 Å². The molecule has 146 valence electrons. The number of hydrogen-bond donors (Lipinski definition) is 4. The van der Waals surface area contributed by atoms with Crippen LogP contribution in [0.15, 0.2) is 54.6 Å². The molecule has 0 aromatic heterocycles. The first kappa shape index (κ1) is 18.4. The summed E-state index contributed by atoms with van der Waals surface area (Å²) < 4.78 is 5.35. The van der Waals surface area contributed by atoms with Gasteiger partial charge in [-0.25, -0.2) is 0 Å². The van der Waals surface area contributed by atoms with Crippen LogP contribution in [0.1, 0.15) is 34.6 Å². The Labute approximate surface area is 166 Å². The number of ether oxygens (including phenoxy) is 1. The van der Waals surface area contributed by atoms with Crippen LogP contribution in [0.5, 0.6) is 28.7 Å². The molecule has 4 N–H and O–H groups in total. The number of fused-ring (bicyclic) bond motifs is 1. The molecule has 1 atom stereocenters. The minimum Gasteiger partial charge on any atom is -0.508 e. The summed E-state index contributed by atoms with van der Waals surface area (Å²) in [5.41, 5.74) is 2.83. The van der Waals surface area contributed by atoms with Crippen molar-refractivity contribution in [3.8, 4) is 28.7 Å². The van der Waals surface area contributed by atoms with E-state index in [1.54, 1.807) is 42.5 Å². The topological polar surface area (TPSA) is 107 Å². The summed E-state index contributed by atoms with van der Waals surface area (Å²) in [5.74, 6) is -1.02. The highest BCUT2D eigenvalue weighted by Crippen LogP contribution is 2.44. The Morgan fingerprint density at radius 2 is 1.59 bits per heavy atom. The lowest BCUT2D eigenvalue weighted by atomic mass is 9.83. The maximum atomic E-state index is 12.1. The Hall–Kier alpha value is -3.93. The highest BCUT2D eigenvalue weighted by atomic mass is 16.5. The molecule has 1 aliphatic rings. The van der Waals surface area contributed by atoms with Crippen LogP contribution in [0, 0.1) is 0 Å². The predicted molar refractivity (Wildman–Crippen MR) is 107 cm³/mol. The molecule has 0 spiro atoms. The fourth-order valence-corrected chi connectivity index (χ4v) is 3.47. The Kier molecular flexibility index (Phi) is 4.60. The SMILES string of the molecule is O=C1CC(c2ccc(O)c(O)c2)c2c(C=Cc3ccc(O)cc3)cc(O)cc2O1. The first-order valence-corrected chi connectivity index (χ1v) is 8.97. The molecular formula is C23H18O6. The Morgan fingerprint density at radius 3 is 2.31 bits per heavy atom. The molecule has 4 rings (SSSR count). The van der Waals surface area contributed by atoms with Crippen LogP contribution < -0.4 is 4.74 Å². The smallest absolute Gasteiger partial charge is 0.312 e. The van der Waals surface area contributed by atoms with Crippen molar-refractivity contribution in [2.75, 3.05) is 0 Å². The number of phenolic OH excluding ortho intramolecular Hbond substituents is 4. The highest BCUT2D eigenvalue weighted by Gasteiger charge is 2.31. The van der Waals surface area contributed by atoms with E-state index in [0.717, 1.165) is 5.56 Å². The number of carbonyl (C=O) groups excluding carboxylic acids is 1. The Bertz CT molecular complexity index is 1110. The Morgan fingerprint density at radius 1 is 0.828 bits per heavy atom. The Balaban J connectivity index is 1.82. The first-order chi connectivity index (χ1) is 13.9. The lowest BCUT2D eigenvalue weighted by Crippen LogP contribution is -2.21. The van der Waals surface area contributed by atoms with Crippen molar-refractivity contribution in [3.05, 3.63) is 76.9 Å². The average molecular weight is 390 g/mol. The molecule has 0 aliphatic carbocycles. The van der Waals surface area contributed by atoms with E-state index in [0.29, 0.717) is 16.7 Å². The van der Waals surface area contributed by atoms with E-state index >= 15 is 0 Å². The van der Waals surface area contributed by atoms with Gasteiger partial charge < -0.3 is 25.2 Å². The molecule has 29 heavy (non-hydrogen) atoms. The van der Waals surface area contributed by atoms with Gasteiger partial charge in [-0.1, -0.05) is 30.4 Å². The van der Waals surface area contributed by atoms with Crippen molar-refractivity contribution in [2.24, 2.45) is 0 Å². The minimum atomic E-state index is -0.450. The summed E-state index contributed by atoms with van der Waals surface area (Å²) >= 11 is 0. The highest BCUT2D eigenvalue weighted by molar-refractivity contribution is 5.82. The number of esters is 1. The fraction of sp³-hybridized carbons (Fsp3) is 0.0870. The summed E-state index contributed by atoms with van der Waals surface area (Å²) in [7, 11) is 0. The van der Waals surface area contributed by atoms with E-state index in [4.69, 9.17) is 4.74 Å². The number of hydrogen-bond acceptors (Lipinski definition) is 6. The van der Waals surface area contributed by atoms with E-state index in [-0.39, 0.29) is 35.2 Å². The van der Waals surface area contributed by atoms with Gasteiger partial charge in [0, 0.05) is 17.5 Å². The minimum absolute atomic E-state index is 0.0453. The fourth-order valence-electron chi connectivity index (χ4n) is 3.47. The average Bonchev–Trinajstić information content (AvgIpc) is 2.68. The van der Waals surface area contributed by atoms with Crippen molar-refractivity contribution in [1.82, 2.24) is 0 Å². The van der Waals surface area contributed by atoms with Crippen LogP contribution in [0.25, 0.3) is 12.2 Å². The standard InChI is InChI=1S/C23H18O6/c24-16-6-2-13(3-7-16)1-4-15-9-17(25)11-21-23(15)18(12-22(28)29-21)14-5-8-19(26)20(27)10-14/h1-11,18,24-27H,12H2. The van der Waals surface area contributed by atoms with E-state index in [9.17, 15) is 25.2 Å². The molecule has 0 bridgehead atoms. The molecule has 0 saturated carbocycles. The van der Waals surface area contributed by atoms with Gasteiger partial charge in [0.2, 0.25) is 0 Å². The van der Waals surface area contributed by atoms with Gasteiger partial charge in [-0.15, -0.1) is 0 Å². The largest absolute Gasteiger partial charge is 0.508 e. The van der Waals surface area contributed by atoms with Crippen LogP contribution in [0.4, 0.5) is 0 Å². The molecule has 0 saturated heterocycles. The summed E-state index contributed by atoms with van der Waals surface area (Å²) in [4.78, 5) is 12.1. The van der Waals surface area contributed by atoms with Crippen LogP contribution in [-0.2, 0) is 4.79 Å². The zero-order valence-corrected chi connectivity index (χ0v) is 15.2. The number of aromatic hydroxyl groups is 4. The van der Waals surface area contributed by atoms with Crippen LogP contribution >= 0.6 is 0 Å². The molecule has 1 unspecified atom stereocenters. The molecule has 0 radical (unpaired) electrons. The quantitative estimate of drug-likeness (QED) is 0.232. The van der Waals surface area contributed by atoms with Crippen LogP contribution in [-0.4, -0.2) is 26.4 Å². The van der Waals surface area contributed by atoms with Crippen LogP contribution in [0.3, 0.4) is 0 Å². The molecular weight excluding hydrogens is 372 g/mol. The second-order valence-corrected chi connectivity index (χ2v) is 6.85. The molecule has 6 heteroatoms. The van der Waals surface area contributed by atoms with Crippen molar-refractivity contribution in [2.45, 2.75) is 12.3 Å². The van der Waals surface area contributed by atoms with Crippen molar-refractivity contribution in [3.63, 3.8) is 0 Å². The first-order valence-electron chi connectivity index (χ1n) is 8.97. The van der Waals surface area contributed by atoms with Gasteiger partial charge in [0.15, 0.2) is 11.5 Å². The van der Waals surface area contributed by atoms with Gasteiger partial charge >= 0.3 is 5.97 Å². The van der Waals surface area contributed by atoms with Crippen LogP contribution in [0.2, 0.25) is 0 Å². The maximum Gasteiger partial charge on any atom is 0.312 e. The molecule has 1 aliphatic heterocycles. The lowest BCUT2D eigenvalue weighted by molar-refractivity contribution is -0.135. The molecule has 0 amide bonds. The lowest BCUT2D eigenvalue weighted by Gasteiger charge is -2.27. The molecule has 3 aromatic carbocycles. The zero-order chi connectivity index (χ0) is 20.5. The summed E-state index contributed by atoms with van der Waals surface area (Å²) in [6.07, 6.45) is 3.66. The van der Waals surface area contributed by atoms with Crippen molar-refractivity contribution in [1.29, 1.82) is 0 Å². The van der Waals surface area contributed by atoms with E-state index < -0.39 is 11.9 Å². The monoisotopic (exact) mass is 390 g/mol. The summed E-state index contributed by atoms with van der Waals surface area (Å²) in [6.45, 7) is 0. The third-order valence-electron chi connectivity index (χ3n) is 4.85. The van der Waals surface area contributed by atoms with Crippen molar-refractivity contribution >= 4 is 18.1 Å². The second kappa shape index (κ2) is 7.24. The van der Waals surface area contributed by atoms with E-state index in [1.807, 2.05) is 6.08 Å². The number of phenols is 4. The third kappa shape index (κ3) is 3.73. The van der Waals surface area contributed by atoms with Gasteiger partial charge in [-0.05, 0) is 47.0 Å². The van der Waals surface area contributed by atoms with E-state index in [1.165, 1.54) is 18.2 Å². The summed E-state index contributed by atoms with van der Waals surface area (Å²) in [6, 6.07) is 14.0. The maximum absolute atomic E-state index is 12.1. The number of benzene rings is 3. The second-order valence-electron chi connectivity index (χ2n) is 6.85. The normalized spacial score (nSPS) is 15.9. The van der Waals surface area contributed by atoms with Gasteiger partial charge in [-0.2, -0.15) is 0 Å². The number of rotatable bonds is 3. The van der Waals surface area contributed by atoms with Gasteiger partial charge in [-0.3, -0.25) is 4.79 Å². The van der Waals surface area contributed by atoms with E-state index in [2.05, 4.69) is 0 Å². The molecule has 0 fully saturated rings. The summed E-state index contributed by atoms with van der Waals surface area (Å²) in [5, 5.41) is 39.0. The third-order valence-corrected chi connectivity index (χ3v) is 4.85.